The van der Waals surface area contributed by atoms with Crippen LogP contribution in [0.3, 0.4) is 0 Å². The largest absolute Gasteiger partial charge is 0.398 e. The van der Waals surface area contributed by atoms with E-state index in [0.29, 0.717) is 5.56 Å². The summed E-state index contributed by atoms with van der Waals surface area (Å²) in [5, 5.41) is 0. The molecule has 0 aliphatic heterocycles. The molecule has 0 heterocycles. The smallest absolute Gasteiger partial charge is 0.243 e. The molecular weight excluding hydrogens is 266 g/mol. The van der Waals surface area contributed by atoms with Crippen LogP contribution < -0.4 is 16.2 Å². The molecule has 0 saturated carbocycles. The third-order valence-electron chi connectivity index (χ3n) is 2.54. The molecule has 1 amide bonds. The van der Waals surface area contributed by atoms with Crippen molar-refractivity contribution in [2.75, 3.05) is 5.73 Å². The predicted molar refractivity (Wildman–Crippen MR) is 73.8 cm³/mol. The minimum atomic E-state index is -3.81. The molecule has 0 atom stereocenters. The molecular formula is C12H19N3O3S. The highest BCUT2D eigenvalue weighted by atomic mass is 32.2. The zero-order valence-corrected chi connectivity index (χ0v) is 12.0. The summed E-state index contributed by atoms with van der Waals surface area (Å²) >= 11 is 0. The van der Waals surface area contributed by atoms with Crippen molar-refractivity contribution in [1.82, 2.24) is 4.72 Å². The lowest BCUT2D eigenvalue weighted by molar-refractivity contribution is -0.119. The Morgan fingerprint density at radius 2 is 1.95 bits per heavy atom. The number of primary amides is 1. The van der Waals surface area contributed by atoms with E-state index < -0.39 is 21.5 Å². The van der Waals surface area contributed by atoms with Gasteiger partial charge in [0.1, 0.15) is 4.90 Å². The van der Waals surface area contributed by atoms with Gasteiger partial charge in [-0.25, -0.2) is 13.1 Å². The molecule has 0 aliphatic carbocycles. The zero-order valence-electron chi connectivity index (χ0n) is 11.2. The van der Waals surface area contributed by atoms with Gasteiger partial charge in [-0.2, -0.15) is 0 Å². The molecule has 0 spiro atoms. The fraction of sp³-hybridized carbons (Fsp3) is 0.417. The van der Waals surface area contributed by atoms with Crippen molar-refractivity contribution >= 4 is 21.6 Å². The third kappa shape index (κ3) is 3.93. The van der Waals surface area contributed by atoms with Gasteiger partial charge < -0.3 is 11.5 Å². The highest BCUT2D eigenvalue weighted by molar-refractivity contribution is 7.89. The Balaban J connectivity index is 3.16. The first kappa shape index (κ1) is 15.5. The Morgan fingerprint density at radius 1 is 1.37 bits per heavy atom. The number of nitrogen functional groups attached to an aromatic ring is 1. The van der Waals surface area contributed by atoms with E-state index in [2.05, 4.69) is 4.72 Å². The summed E-state index contributed by atoms with van der Waals surface area (Å²) in [5.41, 5.74) is 10.6. The van der Waals surface area contributed by atoms with E-state index in [-0.39, 0.29) is 17.0 Å². The Hall–Kier alpha value is -1.60. The standard InChI is InChI=1S/C12H19N3O3S/c1-8-5-4-6-9(13)11(8)19(17,18)15-12(2,3)7-10(14)16/h4-6,15H,7,13H2,1-3H3,(H2,14,16). The minimum Gasteiger partial charge on any atom is -0.398 e. The van der Waals surface area contributed by atoms with E-state index in [9.17, 15) is 13.2 Å². The SMILES string of the molecule is Cc1cccc(N)c1S(=O)(=O)NC(C)(C)CC(N)=O. The number of benzene rings is 1. The van der Waals surface area contributed by atoms with Gasteiger partial charge >= 0.3 is 0 Å². The summed E-state index contributed by atoms with van der Waals surface area (Å²) in [6.07, 6.45) is -0.0992. The van der Waals surface area contributed by atoms with E-state index in [1.807, 2.05) is 0 Å². The van der Waals surface area contributed by atoms with Gasteiger partial charge in [0.25, 0.3) is 0 Å². The van der Waals surface area contributed by atoms with Gasteiger partial charge in [-0.1, -0.05) is 12.1 Å². The van der Waals surface area contributed by atoms with Crippen molar-refractivity contribution in [1.29, 1.82) is 0 Å². The number of carbonyl (C=O) groups excluding carboxylic acids is 1. The molecule has 0 radical (unpaired) electrons. The molecule has 19 heavy (non-hydrogen) atoms. The average Bonchev–Trinajstić information content (AvgIpc) is 2.11. The molecule has 0 bridgehead atoms. The number of nitrogens with one attached hydrogen (secondary N) is 1. The Labute approximate surface area is 113 Å². The molecule has 7 heteroatoms. The second-order valence-corrected chi connectivity index (χ2v) is 6.74. The number of anilines is 1. The third-order valence-corrected chi connectivity index (χ3v) is 4.45. The average molecular weight is 285 g/mol. The molecule has 0 aromatic heterocycles. The number of sulfonamides is 1. The first-order valence-corrected chi connectivity index (χ1v) is 7.21. The van der Waals surface area contributed by atoms with Gasteiger partial charge in [0.2, 0.25) is 15.9 Å². The highest BCUT2D eigenvalue weighted by Crippen LogP contribution is 2.24. The van der Waals surface area contributed by atoms with Gasteiger partial charge in [0.05, 0.1) is 5.69 Å². The number of aryl methyl sites for hydroxylation is 1. The first-order valence-electron chi connectivity index (χ1n) is 5.72. The summed E-state index contributed by atoms with van der Waals surface area (Å²) in [6, 6.07) is 4.85. The van der Waals surface area contributed by atoms with Crippen LogP contribution in [0.4, 0.5) is 5.69 Å². The van der Waals surface area contributed by atoms with Crippen molar-refractivity contribution in [3.8, 4) is 0 Å². The summed E-state index contributed by atoms with van der Waals surface area (Å²) in [5.74, 6) is -0.578. The quantitative estimate of drug-likeness (QED) is 0.683. The van der Waals surface area contributed by atoms with E-state index in [1.165, 1.54) is 6.07 Å². The van der Waals surface area contributed by atoms with Crippen molar-refractivity contribution in [3.63, 3.8) is 0 Å². The maximum absolute atomic E-state index is 12.3. The van der Waals surface area contributed by atoms with E-state index in [0.717, 1.165) is 0 Å². The van der Waals surface area contributed by atoms with Crippen LogP contribution in [0.5, 0.6) is 0 Å². The topological polar surface area (TPSA) is 115 Å². The van der Waals surface area contributed by atoms with Gasteiger partial charge in [-0.05, 0) is 32.4 Å². The second-order valence-electron chi connectivity index (χ2n) is 5.13. The zero-order chi connectivity index (χ0) is 14.8. The lowest BCUT2D eigenvalue weighted by Crippen LogP contribution is -2.46. The lowest BCUT2D eigenvalue weighted by atomic mass is 10.0. The van der Waals surface area contributed by atoms with Crippen LogP contribution in [0.15, 0.2) is 23.1 Å². The number of hydrogen-bond donors (Lipinski definition) is 3. The van der Waals surface area contributed by atoms with E-state index in [1.54, 1.807) is 32.9 Å². The second kappa shape index (κ2) is 5.18. The number of hydrogen-bond acceptors (Lipinski definition) is 4. The Bertz CT molecular complexity index is 574. The Morgan fingerprint density at radius 3 is 2.42 bits per heavy atom. The molecule has 6 nitrogen and oxygen atoms in total. The van der Waals surface area contributed by atoms with Crippen molar-refractivity contribution in [2.24, 2.45) is 5.73 Å². The normalized spacial score (nSPS) is 12.4. The Kier molecular flexibility index (Phi) is 4.21. The predicted octanol–water partition coefficient (Wildman–Crippen LogP) is 0.510. The monoisotopic (exact) mass is 285 g/mol. The van der Waals surface area contributed by atoms with Crippen LogP contribution in [0.25, 0.3) is 0 Å². The number of amides is 1. The van der Waals surface area contributed by atoms with Crippen LogP contribution >= 0.6 is 0 Å². The number of carbonyl (C=O) groups is 1. The lowest BCUT2D eigenvalue weighted by Gasteiger charge is -2.25. The van der Waals surface area contributed by atoms with Crippen molar-refractivity contribution < 1.29 is 13.2 Å². The first-order chi connectivity index (χ1) is 8.55. The summed E-state index contributed by atoms with van der Waals surface area (Å²) in [6.45, 7) is 4.83. The van der Waals surface area contributed by atoms with Crippen LogP contribution in [-0.2, 0) is 14.8 Å². The number of rotatable bonds is 5. The van der Waals surface area contributed by atoms with Crippen LogP contribution in [0.2, 0.25) is 0 Å². The van der Waals surface area contributed by atoms with Gasteiger partial charge in [-0.15, -0.1) is 0 Å². The molecule has 0 fully saturated rings. The fourth-order valence-corrected chi connectivity index (χ4v) is 3.70. The molecule has 0 saturated heterocycles. The van der Waals surface area contributed by atoms with Crippen molar-refractivity contribution in [2.45, 2.75) is 37.6 Å². The van der Waals surface area contributed by atoms with Crippen LogP contribution in [0, 0.1) is 6.92 Å². The molecule has 1 aromatic carbocycles. The van der Waals surface area contributed by atoms with E-state index >= 15 is 0 Å². The van der Waals surface area contributed by atoms with Crippen LogP contribution in [-0.4, -0.2) is 19.9 Å². The van der Waals surface area contributed by atoms with Gasteiger partial charge in [-0.3, -0.25) is 4.79 Å². The number of nitrogens with two attached hydrogens (primary N) is 2. The fourth-order valence-electron chi connectivity index (χ4n) is 1.93. The maximum Gasteiger partial charge on any atom is 0.243 e. The maximum atomic E-state index is 12.3. The minimum absolute atomic E-state index is 0.0348. The molecule has 0 unspecified atom stereocenters. The molecule has 106 valence electrons. The van der Waals surface area contributed by atoms with Crippen molar-refractivity contribution in [3.05, 3.63) is 23.8 Å². The summed E-state index contributed by atoms with van der Waals surface area (Å²) in [7, 11) is -3.81. The van der Waals surface area contributed by atoms with E-state index in [4.69, 9.17) is 11.5 Å². The molecule has 5 N–H and O–H groups in total. The van der Waals surface area contributed by atoms with Crippen LogP contribution in [0.1, 0.15) is 25.8 Å². The summed E-state index contributed by atoms with van der Waals surface area (Å²) in [4.78, 5) is 11.0. The summed E-state index contributed by atoms with van der Waals surface area (Å²) < 4.78 is 27.1. The molecule has 1 rings (SSSR count). The molecule has 1 aromatic rings. The molecule has 0 aliphatic rings. The van der Waals surface area contributed by atoms with Gasteiger partial charge in [0, 0.05) is 12.0 Å². The highest BCUT2D eigenvalue weighted by Gasteiger charge is 2.29. The van der Waals surface area contributed by atoms with Gasteiger partial charge in [0.15, 0.2) is 0 Å².